The van der Waals surface area contributed by atoms with Crippen LogP contribution in [0.2, 0.25) is 0 Å². The van der Waals surface area contributed by atoms with Gasteiger partial charge in [-0.1, -0.05) is 0 Å². The van der Waals surface area contributed by atoms with Gasteiger partial charge in [0.1, 0.15) is 23.1 Å². The van der Waals surface area contributed by atoms with Crippen molar-refractivity contribution in [3.8, 4) is 11.5 Å². The second kappa shape index (κ2) is 8.82. The molecule has 0 saturated carbocycles. The number of nitrogens with one attached hydrogen (secondary N) is 1. The van der Waals surface area contributed by atoms with Crippen LogP contribution in [-0.2, 0) is 17.7 Å². The van der Waals surface area contributed by atoms with E-state index in [0.29, 0.717) is 23.0 Å². The molecule has 1 atom stereocenters. The molecule has 1 aromatic carbocycles. The summed E-state index contributed by atoms with van der Waals surface area (Å²) >= 11 is 0. The molecule has 1 unspecified atom stereocenters. The number of aryl methyl sites for hydroxylation is 1. The number of carbonyl (C=O) groups is 1. The molecule has 8 nitrogen and oxygen atoms in total. The maximum atomic E-state index is 12.9. The third-order valence-electron chi connectivity index (χ3n) is 5.85. The number of carbonyl (C=O) groups excluding carboxylic acids is 1. The van der Waals surface area contributed by atoms with Crippen LogP contribution in [0.15, 0.2) is 18.2 Å². The number of nitrogens with zero attached hydrogens (tertiary/aromatic N) is 3. The molecule has 1 saturated heterocycles. The normalized spacial score (nSPS) is 19.9. The average molecular weight is 400 g/mol. The largest absolute Gasteiger partial charge is 0.497 e. The number of hydrogen-bond donors (Lipinski definition) is 1. The van der Waals surface area contributed by atoms with Gasteiger partial charge in [-0.05, 0) is 43.9 Å². The van der Waals surface area contributed by atoms with E-state index in [0.717, 1.165) is 63.5 Å². The van der Waals surface area contributed by atoms with E-state index < -0.39 is 0 Å². The Hall–Kier alpha value is -2.61. The van der Waals surface area contributed by atoms with E-state index in [1.54, 1.807) is 32.4 Å². The summed E-state index contributed by atoms with van der Waals surface area (Å²) < 4.78 is 18.3. The molecule has 2 aliphatic rings. The van der Waals surface area contributed by atoms with E-state index in [-0.39, 0.29) is 11.9 Å². The van der Waals surface area contributed by atoms with Gasteiger partial charge in [-0.2, -0.15) is 0 Å². The van der Waals surface area contributed by atoms with E-state index >= 15 is 0 Å². The van der Waals surface area contributed by atoms with Crippen molar-refractivity contribution in [2.24, 2.45) is 0 Å². The highest BCUT2D eigenvalue weighted by molar-refractivity contribution is 5.97. The quantitative estimate of drug-likeness (QED) is 0.829. The number of ether oxygens (including phenoxy) is 3. The molecule has 0 spiro atoms. The average Bonchev–Trinajstić information content (AvgIpc) is 3.08. The second-order valence-corrected chi connectivity index (χ2v) is 7.58. The SMILES string of the molecule is COc1ccc(OC)c(C(=O)NC2CCc3nnc(C4CCOCC4)n3CC2)c1. The Bertz CT molecular complexity index is 860. The van der Waals surface area contributed by atoms with Gasteiger partial charge in [0.25, 0.3) is 5.91 Å². The summed E-state index contributed by atoms with van der Waals surface area (Å²) in [5.74, 6) is 3.53. The van der Waals surface area contributed by atoms with Crippen molar-refractivity contribution in [1.29, 1.82) is 0 Å². The highest BCUT2D eigenvalue weighted by Crippen LogP contribution is 2.28. The van der Waals surface area contributed by atoms with Gasteiger partial charge in [0.05, 0.1) is 19.8 Å². The molecule has 1 aromatic heterocycles. The zero-order valence-corrected chi connectivity index (χ0v) is 17.0. The predicted molar refractivity (Wildman–Crippen MR) is 107 cm³/mol. The maximum Gasteiger partial charge on any atom is 0.255 e. The van der Waals surface area contributed by atoms with Crippen LogP contribution in [0.5, 0.6) is 11.5 Å². The Balaban J connectivity index is 1.44. The minimum atomic E-state index is -0.145. The lowest BCUT2D eigenvalue weighted by Crippen LogP contribution is -2.35. The molecule has 8 heteroatoms. The molecule has 4 rings (SSSR count). The fourth-order valence-corrected chi connectivity index (χ4v) is 4.17. The highest BCUT2D eigenvalue weighted by Gasteiger charge is 2.27. The second-order valence-electron chi connectivity index (χ2n) is 7.58. The molecule has 2 aromatic rings. The van der Waals surface area contributed by atoms with Gasteiger partial charge in [-0.25, -0.2) is 0 Å². The molecule has 0 radical (unpaired) electrons. The van der Waals surface area contributed by atoms with Crippen LogP contribution < -0.4 is 14.8 Å². The van der Waals surface area contributed by atoms with Crippen LogP contribution in [0, 0.1) is 0 Å². The number of fused-ring (bicyclic) bond motifs is 1. The van der Waals surface area contributed by atoms with E-state index in [4.69, 9.17) is 14.2 Å². The van der Waals surface area contributed by atoms with Crippen molar-refractivity contribution in [1.82, 2.24) is 20.1 Å². The number of methoxy groups -OCH3 is 2. The Kier molecular flexibility index (Phi) is 5.99. The first kappa shape index (κ1) is 19.7. The van der Waals surface area contributed by atoms with Crippen LogP contribution in [0.3, 0.4) is 0 Å². The molecular weight excluding hydrogens is 372 g/mol. The fraction of sp³-hybridized carbons (Fsp3) is 0.571. The fourth-order valence-electron chi connectivity index (χ4n) is 4.17. The van der Waals surface area contributed by atoms with Gasteiger partial charge < -0.3 is 24.1 Å². The number of amides is 1. The lowest BCUT2D eigenvalue weighted by molar-refractivity contribution is 0.0826. The van der Waals surface area contributed by atoms with Gasteiger partial charge in [0, 0.05) is 38.1 Å². The van der Waals surface area contributed by atoms with Crippen molar-refractivity contribution in [2.45, 2.75) is 50.6 Å². The summed E-state index contributed by atoms with van der Waals surface area (Å²) in [5.41, 5.74) is 0.485. The molecule has 2 aliphatic heterocycles. The lowest BCUT2D eigenvalue weighted by atomic mass is 9.99. The summed E-state index contributed by atoms with van der Waals surface area (Å²) in [7, 11) is 3.15. The van der Waals surface area contributed by atoms with Crippen molar-refractivity contribution >= 4 is 5.91 Å². The minimum Gasteiger partial charge on any atom is -0.497 e. The zero-order chi connectivity index (χ0) is 20.2. The summed E-state index contributed by atoms with van der Waals surface area (Å²) in [5, 5.41) is 12.1. The van der Waals surface area contributed by atoms with Crippen LogP contribution in [0.25, 0.3) is 0 Å². The van der Waals surface area contributed by atoms with Gasteiger partial charge in [0.15, 0.2) is 0 Å². The zero-order valence-electron chi connectivity index (χ0n) is 17.0. The Morgan fingerprint density at radius 1 is 1.14 bits per heavy atom. The minimum absolute atomic E-state index is 0.0719. The van der Waals surface area contributed by atoms with Gasteiger partial charge in [0.2, 0.25) is 0 Å². The van der Waals surface area contributed by atoms with Gasteiger partial charge in [-0.3, -0.25) is 4.79 Å². The third-order valence-corrected chi connectivity index (χ3v) is 5.85. The molecule has 0 bridgehead atoms. The van der Waals surface area contributed by atoms with Crippen molar-refractivity contribution in [3.05, 3.63) is 35.4 Å². The van der Waals surface area contributed by atoms with E-state index in [2.05, 4.69) is 20.1 Å². The molecule has 1 N–H and O–H groups in total. The maximum absolute atomic E-state index is 12.9. The number of aromatic nitrogens is 3. The van der Waals surface area contributed by atoms with Crippen LogP contribution >= 0.6 is 0 Å². The molecule has 0 aliphatic carbocycles. The first-order chi connectivity index (χ1) is 14.2. The Labute approximate surface area is 170 Å². The van der Waals surface area contributed by atoms with E-state index in [9.17, 15) is 4.79 Å². The molecule has 156 valence electrons. The first-order valence-corrected chi connectivity index (χ1v) is 10.2. The third kappa shape index (κ3) is 4.22. The number of rotatable bonds is 5. The van der Waals surface area contributed by atoms with Crippen LogP contribution in [-0.4, -0.2) is 54.1 Å². The van der Waals surface area contributed by atoms with Crippen LogP contribution in [0.4, 0.5) is 0 Å². The van der Waals surface area contributed by atoms with E-state index in [1.165, 1.54) is 0 Å². The Morgan fingerprint density at radius 3 is 2.72 bits per heavy atom. The Morgan fingerprint density at radius 2 is 1.97 bits per heavy atom. The van der Waals surface area contributed by atoms with E-state index in [1.807, 2.05) is 0 Å². The van der Waals surface area contributed by atoms with Gasteiger partial charge in [-0.15, -0.1) is 10.2 Å². The smallest absolute Gasteiger partial charge is 0.255 e. The summed E-state index contributed by atoms with van der Waals surface area (Å²) in [4.78, 5) is 12.9. The number of benzene rings is 1. The topological polar surface area (TPSA) is 87.5 Å². The molecule has 29 heavy (non-hydrogen) atoms. The highest BCUT2D eigenvalue weighted by atomic mass is 16.5. The standard InChI is InChI=1S/C21H28N4O4/c1-27-16-4-5-18(28-2)17(13-16)21(26)22-15-3-6-19-23-24-20(25(19)10-7-15)14-8-11-29-12-9-14/h4-5,13-15H,3,6-12H2,1-2H3,(H,22,26). The van der Waals surface area contributed by atoms with Crippen molar-refractivity contribution in [2.75, 3.05) is 27.4 Å². The lowest BCUT2D eigenvalue weighted by Gasteiger charge is -2.22. The monoisotopic (exact) mass is 400 g/mol. The first-order valence-electron chi connectivity index (χ1n) is 10.2. The summed E-state index contributed by atoms with van der Waals surface area (Å²) in [6.07, 6.45) is 4.47. The molecule has 1 fully saturated rings. The molecule has 3 heterocycles. The van der Waals surface area contributed by atoms with Crippen LogP contribution in [0.1, 0.15) is 53.6 Å². The molecular formula is C21H28N4O4. The van der Waals surface area contributed by atoms with Crippen molar-refractivity contribution in [3.63, 3.8) is 0 Å². The predicted octanol–water partition coefficient (Wildman–Crippen LogP) is 2.32. The summed E-state index contributed by atoms with van der Waals surface area (Å²) in [6.45, 7) is 2.39. The summed E-state index contributed by atoms with van der Waals surface area (Å²) in [6, 6.07) is 5.32. The molecule has 1 amide bonds. The van der Waals surface area contributed by atoms with Gasteiger partial charge >= 0.3 is 0 Å². The number of hydrogen-bond acceptors (Lipinski definition) is 6. The van der Waals surface area contributed by atoms with Crippen molar-refractivity contribution < 1.29 is 19.0 Å².